The monoisotopic (exact) mass is 369 g/mol. The van der Waals surface area contributed by atoms with Crippen molar-refractivity contribution in [3.8, 4) is 5.88 Å². The van der Waals surface area contributed by atoms with Crippen LogP contribution in [-0.4, -0.2) is 79.7 Å². The SMILES string of the molecule is O=C(c1ccnc(OCC(F)F)c1)N1CCC(CN2CCOCC2)CC1. The summed E-state index contributed by atoms with van der Waals surface area (Å²) < 4.78 is 34.7. The number of rotatable bonds is 6. The molecule has 3 heterocycles. The van der Waals surface area contributed by atoms with Crippen molar-refractivity contribution in [3.63, 3.8) is 0 Å². The van der Waals surface area contributed by atoms with E-state index < -0.39 is 13.0 Å². The summed E-state index contributed by atoms with van der Waals surface area (Å²) in [5.74, 6) is 0.553. The number of carbonyl (C=O) groups excluding carboxylic acids is 1. The number of hydrogen-bond donors (Lipinski definition) is 0. The first-order valence-corrected chi connectivity index (χ1v) is 9.08. The summed E-state index contributed by atoms with van der Waals surface area (Å²) in [4.78, 5) is 20.8. The van der Waals surface area contributed by atoms with Crippen molar-refractivity contribution in [1.29, 1.82) is 0 Å². The van der Waals surface area contributed by atoms with Crippen LogP contribution in [0.25, 0.3) is 0 Å². The molecule has 0 saturated carbocycles. The minimum absolute atomic E-state index is 0.0540. The van der Waals surface area contributed by atoms with Gasteiger partial charge in [-0.15, -0.1) is 0 Å². The molecule has 8 heteroatoms. The third-order valence-corrected chi connectivity index (χ3v) is 4.86. The molecular weight excluding hydrogens is 344 g/mol. The summed E-state index contributed by atoms with van der Waals surface area (Å²) in [5, 5.41) is 0. The minimum Gasteiger partial charge on any atom is -0.472 e. The van der Waals surface area contributed by atoms with Gasteiger partial charge < -0.3 is 14.4 Å². The van der Waals surface area contributed by atoms with E-state index in [0.717, 1.165) is 45.7 Å². The molecule has 144 valence electrons. The van der Waals surface area contributed by atoms with Gasteiger partial charge in [0.05, 0.1) is 13.2 Å². The number of hydrogen-bond acceptors (Lipinski definition) is 5. The molecule has 6 nitrogen and oxygen atoms in total. The van der Waals surface area contributed by atoms with Gasteiger partial charge in [0.2, 0.25) is 5.88 Å². The highest BCUT2D eigenvalue weighted by Crippen LogP contribution is 2.21. The van der Waals surface area contributed by atoms with Crippen LogP contribution in [0.4, 0.5) is 8.78 Å². The number of morpholine rings is 1. The van der Waals surface area contributed by atoms with Crippen LogP contribution in [0.3, 0.4) is 0 Å². The number of alkyl halides is 2. The molecule has 0 N–H and O–H groups in total. The second-order valence-electron chi connectivity index (χ2n) is 6.73. The smallest absolute Gasteiger partial charge is 0.272 e. The number of halogens is 2. The zero-order valence-corrected chi connectivity index (χ0v) is 14.8. The van der Waals surface area contributed by atoms with Crippen LogP contribution in [0, 0.1) is 5.92 Å². The topological polar surface area (TPSA) is 54.9 Å². The van der Waals surface area contributed by atoms with Crippen LogP contribution in [0.2, 0.25) is 0 Å². The summed E-state index contributed by atoms with van der Waals surface area (Å²) in [6.45, 7) is 5.33. The highest BCUT2D eigenvalue weighted by atomic mass is 19.3. The highest BCUT2D eigenvalue weighted by Gasteiger charge is 2.26. The van der Waals surface area contributed by atoms with E-state index in [0.29, 0.717) is 24.6 Å². The lowest BCUT2D eigenvalue weighted by Crippen LogP contribution is -2.44. The fourth-order valence-corrected chi connectivity index (χ4v) is 3.42. The fourth-order valence-electron chi connectivity index (χ4n) is 3.42. The Kier molecular flexibility index (Phi) is 6.73. The maximum atomic E-state index is 12.7. The van der Waals surface area contributed by atoms with E-state index in [2.05, 4.69) is 9.88 Å². The molecule has 1 amide bonds. The molecule has 0 unspecified atom stereocenters. The lowest BCUT2D eigenvalue weighted by molar-refractivity contribution is 0.0243. The molecule has 0 aliphatic carbocycles. The van der Waals surface area contributed by atoms with Crippen LogP contribution in [0.15, 0.2) is 18.3 Å². The molecule has 0 atom stereocenters. The minimum atomic E-state index is -2.57. The zero-order chi connectivity index (χ0) is 18.4. The molecule has 0 bridgehead atoms. The number of likely N-dealkylation sites (tertiary alicyclic amines) is 1. The Labute approximate surface area is 152 Å². The molecular formula is C18H25F2N3O3. The molecule has 2 aliphatic heterocycles. The number of nitrogens with zero attached hydrogens (tertiary/aromatic N) is 3. The number of amides is 1. The van der Waals surface area contributed by atoms with Crippen molar-refractivity contribution < 1.29 is 23.0 Å². The number of carbonyl (C=O) groups is 1. The summed E-state index contributed by atoms with van der Waals surface area (Å²) in [5.41, 5.74) is 0.427. The summed E-state index contributed by atoms with van der Waals surface area (Å²) in [7, 11) is 0. The Morgan fingerprint density at radius 1 is 1.27 bits per heavy atom. The van der Waals surface area contributed by atoms with Gasteiger partial charge in [-0.1, -0.05) is 0 Å². The fraction of sp³-hybridized carbons (Fsp3) is 0.667. The molecule has 2 aliphatic rings. The molecule has 0 aromatic carbocycles. The molecule has 2 saturated heterocycles. The van der Waals surface area contributed by atoms with Gasteiger partial charge in [0.15, 0.2) is 6.61 Å². The second kappa shape index (κ2) is 9.23. The first-order valence-electron chi connectivity index (χ1n) is 9.08. The zero-order valence-electron chi connectivity index (χ0n) is 14.8. The van der Waals surface area contributed by atoms with Gasteiger partial charge in [0, 0.05) is 50.6 Å². The van der Waals surface area contributed by atoms with Crippen molar-refractivity contribution in [2.45, 2.75) is 19.3 Å². The van der Waals surface area contributed by atoms with Gasteiger partial charge in [-0.25, -0.2) is 13.8 Å². The van der Waals surface area contributed by atoms with Gasteiger partial charge in [-0.05, 0) is 24.8 Å². The molecule has 1 aromatic rings. The number of aromatic nitrogens is 1. The van der Waals surface area contributed by atoms with E-state index in [1.807, 2.05) is 4.90 Å². The van der Waals surface area contributed by atoms with Crippen LogP contribution >= 0.6 is 0 Å². The largest absolute Gasteiger partial charge is 0.472 e. The molecule has 3 rings (SSSR count). The Morgan fingerprint density at radius 2 is 2.00 bits per heavy atom. The van der Waals surface area contributed by atoms with E-state index in [9.17, 15) is 13.6 Å². The Balaban J connectivity index is 1.49. The van der Waals surface area contributed by atoms with Crippen LogP contribution in [-0.2, 0) is 4.74 Å². The Morgan fingerprint density at radius 3 is 2.69 bits per heavy atom. The van der Waals surface area contributed by atoms with Crippen molar-refractivity contribution in [3.05, 3.63) is 23.9 Å². The van der Waals surface area contributed by atoms with Crippen molar-refractivity contribution in [2.75, 3.05) is 52.5 Å². The van der Waals surface area contributed by atoms with E-state index in [1.165, 1.54) is 12.3 Å². The van der Waals surface area contributed by atoms with Crippen molar-refractivity contribution in [1.82, 2.24) is 14.8 Å². The maximum absolute atomic E-state index is 12.7. The summed E-state index contributed by atoms with van der Waals surface area (Å²) >= 11 is 0. The molecule has 2 fully saturated rings. The van der Waals surface area contributed by atoms with Gasteiger partial charge in [-0.2, -0.15) is 0 Å². The standard InChI is InChI=1S/C18H25F2N3O3/c19-16(20)13-26-17-11-15(1-4-21-17)18(24)23-5-2-14(3-6-23)12-22-7-9-25-10-8-22/h1,4,11,14,16H,2-3,5-10,12-13H2. The number of pyridine rings is 1. The highest BCUT2D eigenvalue weighted by molar-refractivity contribution is 5.94. The molecule has 26 heavy (non-hydrogen) atoms. The van der Waals surface area contributed by atoms with Gasteiger partial charge in [-0.3, -0.25) is 9.69 Å². The van der Waals surface area contributed by atoms with Crippen molar-refractivity contribution in [2.24, 2.45) is 5.92 Å². The number of ether oxygens (including phenoxy) is 2. The van der Waals surface area contributed by atoms with E-state index in [-0.39, 0.29) is 11.8 Å². The first-order chi connectivity index (χ1) is 12.6. The normalized spacial score (nSPS) is 19.7. The Bertz CT molecular complexity index is 589. The first kappa shape index (κ1) is 19.0. The van der Waals surface area contributed by atoms with Gasteiger partial charge in [0.1, 0.15) is 0 Å². The molecule has 1 aromatic heterocycles. The third-order valence-electron chi connectivity index (χ3n) is 4.86. The Hall–Kier alpha value is -1.80. The lowest BCUT2D eigenvalue weighted by atomic mass is 9.95. The second-order valence-corrected chi connectivity index (χ2v) is 6.73. The lowest BCUT2D eigenvalue weighted by Gasteiger charge is -2.36. The van der Waals surface area contributed by atoms with Crippen molar-refractivity contribution >= 4 is 5.91 Å². The van der Waals surface area contributed by atoms with Gasteiger partial charge in [0.25, 0.3) is 12.3 Å². The average Bonchev–Trinajstić information content (AvgIpc) is 2.67. The third kappa shape index (κ3) is 5.35. The summed E-state index contributed by atoms with van der Waals surface area (Å²) in [6.07, 6.45) is 0.798. The summed E-state index contributed by atoms with van der Waals surface area (Å²) in [6, 6.07) is 3.03. The van der Waals surface area contributed by atoms with Gasteiger partial charge >= 0.3 is 0 Å². The quantitative estimate of drug-likeness (QED) is 0.767. The molecule has 0 radical (unpaired) electrons. The van der Waals surface area contributed by atoms with E-state index in [4.69, 9.17) is 9.47 Å². The average molecular weight is 369 g/mol. The maximum Gasteiger partial charge on any atom is 0.272 e. The predicted octanol–water partition coefficient (Wildman–Crippen LogP) is 1.91. The van der Waals surface area contributed by atoms with Crippen LogP contribution < -0.4 is 4.74 Å². The molecule has 0 spiro atoms. The van der Waals surface area contributed by atoms with Crippen LogP contribution in [0.1, 0.15) is 23.2 Å². The number of piperidine rings is 1. The predicted molar refractivity (Wildman–Crippen MR) is 91.6 cm³/mol. The van der Waals surface area contributed by atoms with E-state index in [1.54, 1.807) is 6.07 Å². The van der Waals surface area contributed by atoms with E-state index >= 15 is 0 Å². The van der Waals surface area contributed by atoms with Crippen LogP contribution in [0.5, 0.6) is 5.88 Å².